The van der Waals surface area contributed by atoms with E-state index in [1.165, 1.54) is 7.11 Å². The van der Waals surface area contributed by atoms with Crippen molar-refractivity contribution in [2.75, 3.05) is 7.11 Å². The quantitative estimate of drug-likeness (QED) is 0.705. The van der Waals surface area contributed by atoms with Gasteiger partial charge in [0.2, 0.25) is 0 Å². The van der Waals surface area contributed by atoms with Crippen molar-refractivity contribution in [3.8, 4) is 0 Å². The molecule has 1 aliphatic carbocycles. The highest BCUT2D eigenvalue weighted by atomic mass is 16.5. The zero-order chi connectivity index (χ0) is 11.2. The van der Waals surface area contributed by atoms with Gasteiger partial charge >= 0.3 is 5.97 Å². The van der Waals surface area contributed by atoms with Crippen molar-refractivity contribution < 1.29 is 14.3 Å². The van der Waals surface area contributed by atoms with E-state index in [0.717, 1.165) is 5.56 Å². The first-order valence-corrected chi connectivity index (χ1v) is 5.28. The van der Waals surface area contributed by atoms with E-state index in [-0.39, 0.29) is 18.0 Å². The van der Waals surface area contributed by atoms with Gasteiger partial charge in [0.05, 0.1) is 13.4 Å². The van der Waals surface area contributed by atoms with Crippen molar-refractivity contribution in [2.45, 2.75) is 11.5 Å². The molecule has 3 atom stereocenters. The molecule has 3 rings (SSSR count). The van der Waals surface area contributed by atoms with Gasteiger partial charge in [-0.1, -0.05) is 30.3 Å². The average molecular weight is 216 g/mol. The fourth-order valence-corrected chi connectivity index (χ4v) is 2.65. The van der Waals surface area contributed by atoms with Gasteiger partial charge in [0, 0.05) is 5.92 Å². The summed E-state index contributed by atoms with van der Waals surface area (Å²) in [4.78, 5) is 12.0. The van der Waals surface area contributed by atoms with E-state index < -0.39 is 5.41 Å². The van der Waals surface area contributed by atoms with Gasteiger partial charge in [0.15, 0.2) is 0 Å². The molecule has 1 aliphatic heterocycles. The Balaban J connectivity index is 2.06. The Morgan fingerprint density at radius 3 is 2.69 bits per heavy atom. The third-order valence-corrected chi connectivity index (χ3v) is 3.48. The van der Waals surface area contributed by atoms with E-state index in [1.54, 1.807) is 6.26 Å². The minimum atomic E-state index is -0.606. The number of carbonyl (C=O) groups excluding carboxylic acids is 1. The molecule has 0 amide bonds. The van der Waals surface area contributed by atoms with E-state index >= 15 is 0 Å². The number of methoxy groups -OCH3 is 1. The maximum absolute atomic E-state index is 12.0. The molecule has 2 aliphatic rings. The second-order valence-corrected chi connectivity index (χ2v) is 4.14. The zero-order valence-electron chi connectivity index (χ0n) is 8.92. The molecular formula is C13H12O3. The Morgan fingerprint density at radius 2 is 2.12 bits per heavy atom. The third-order valence-electron chi connectivity index (χ3n) is 3.48. The molecule has 82 valence electrons. The molecule has 3 heteroatoms. The largest absolute Gasteiger partial charge is 0.496 e. The summed E-state index contributed by atoms with van der Waals surface area (Å²) < 4.78 is 10.4. The van der Waals surface area contributed by atoms with Gasteiger partial charge in [-0.3, -0.25) is 4.79 Å². The summed E-state index contributed by atoms with van der Waals surface area (Å²) in [6.07, 6.45) is 3.52. The van der Waals surface area contributed by atoms with Crippen molar-refractivity contribution in [3.63, 3.8) is 0 Å². The van der Waals surface area contributed by atoms with Crippen LogP contribution in [-0.2, 0) is 19.7 Å². The standard InChI is InChI=1S/C13H12O3/c1-15-12(14)13(9-5-3-2-4-6-9)10-7-8-16-11(10)13/h2-8,10-11H,1H3/t10-,11+,13+/m1/s1. The number of carbonyl (C=O) groups is 1. The van der Waals surface area contributed by atoms with Crippen LogP contribution in [0.15, 0.2) is 42.7 Å². The molecule has 0 aromatic heterocycles. The molecule has 0 saturated heterocycles. The number of esters is 1. The molecule has 1 aromatic carbocycles. The Kier molecular flexibility index (Phi) is 1.84. The summed E-state index contributed by atoms with van der Waals surface area (Å²) in [6, 6.07) is 9.69. The topological polar surface area (TPSA) is 35.5 Å². The molecule has 0 N–H and O–H groups in total. The molecule has 1 fully saturated rings. The molecule has 16 heavy (non-hydrogen) atoms. The second-order valence-electron chi connectivity index (χ2n) is 4.14. The molecule has 1 saturated carbocycles. The van der Waals surface area contributed by atoms with Crippen molar-refractivity contribution in [3.05, 3.63) is 48.2 Å². The third kappa shape index (κ3) is 0.953. The monoisotopic (exact) mass is 216 g/mol. The summed E-state index contributed by atoms with van der Waals surface area (Å²) in [6.45, 7) is 0. The number of benzene rings is 1. The van der Waals surface area contributed by atoms with E-state index in [1.807, 2.05) is 36.4 Å². The molecule has 1 heterocycles. The molecule has 3 nitrogen and oxygen atoms in total. The summed E-state index contributed by atoms with van der Waals surface area (Å²) >= 11 is 0. The molecular weight excluding hydrogens is 204 g/mol. The fourth-order valence-electron chi connectivity index (χ4n) is 2.65. The smallest absolute Gasteiger partial charge is 0.320 e. The highest BCUT2D eigenvalue weighted by Crippen LogP contribution is 2.60. The lowest BCUT2D eigenvalue weighted by atomic mass is 9.92. The summed E-state index contributed by atoms with van der Waals surface area (Å²) in [5.74, 6) is -0.0830. The van der Waals surface area contributed by atoms with Crippen LogP contribution in [0.2, 0.25) is 0 Å². The molecule has 0 unspecified atom stereocenters. The van der Waals surface area contributed by atoms with Crippen LogP contribution in [0.1, 0.15) is 5.56 Å². The minimum Gasteiger partial charge on any atom is -0.496 e. The van der Waals surface area contributed by atoms with Crippen LogP contribution in [0, 0.1) is 5.92 Å². The minimum absolute atomic E-state index is 0.0812. The van der Waals surface area contributed by atoms with Crippen molar-refractivity contribution >= 4 is 5.97 Å². The van der Waals surface area contributed by atoms with Crippen LogP contribution < -0.4 is 0 Å². The Bertz CT molecular complexity index is 452. The highest BCUT2D eigenvalue weighted by molar-refractivity contribution is 5.90. The van der Waals surface area contributed by atoms with Gasteiger partial charge in [-0.05, 0) is 11.6 Å². The Morgan fingerprint density at radius 1 is 1.38 bits per heavy atom. The first-order chi connectivity index (χ1) is 7.81. The van der Waals surface area contributed by atoms with Gasteiger partial charge < -0.3 is 9.47 Å². The SMILES string of the molecule is COC(=O)[C@@]1(c2ccccc2)[C@@H]2C=CO[C@@H]21. The molecule has 0 bridgehead atoms. The van der Waals surface area contributed by atoms with E-state index in [9.17, 15) is 4.79 Å². The maximum Gasteiger partial charge on any atom is 0.320 e. The van der Waals surface area contributed by atoms with Crippen molar-refractivity contribution in [1.29, 1.82) is 0 Å². The summed E-state index contributed by atoms with van der Waals surface area (Å²) in [7, 11) is 1.42. The lowest BCUT2D eigenvalue weighted by molar-refractivity contribution is -0.145. The summed E-state index contributed by atoms with van der Waals surface area (Å²) in [5, 5.41) is 0. The van der Waals surface area contributed by atoms with Gasteiger partial charge in [0.1, 0.15) is 11.5 Å². The van der Waals surface area contributed by atoms with Gasteiger partial charge in [-0.2, -0.15) is 0 Å². The zero-order valence-corrected chi connectivity index (χ0v) is 8.92. The lowest BCUT2D eigenvalue weighted by Gasteiger charge is -2.16. The number of rotatable bonds is 2. The number of hydrogen-bond acceptors (Lipinski definition) is 3. The molecule has 1 aromatic rings. The number of hydrogen-bond donors (Lipinski definition) is 0. The predicted octanol–water partition coefficient (Wildman–Crippen LogP) is 1.64. The normalized spacial score (nSPS) is 34.1. The number of fused-ring (bicyclic) bond motifs is 1. The predicted molar refractivity (Wildman–Crippen MR) is 57.6 cm³/mol. The first-order valence-electron chi connectivity index (χ1n) is 5.28. The molecule has 0 radical (unpaired) electrons. The summed E-state index contributed by atoms with van der Waals surface area (Å²) in [5.41, 5.74) is 0.367. The van der Waals surface area contributed by atoms with E-state index in [2.05, 4.69) is 0 Å². The van der Waals surface area contributed by atoms with Crippen LogP contribution in [0.3, 0.4) is 0 Å². The highest BCUT2D eigenvalue weighted by Gasteiger charge is 2.74. The number of ether oxygens (including phenoxy) is 2. The van der Waals surface area contributed by atoms with E-state index in [4.69, 9.17) is 9.47 Å². The second kappa shape index (κ2) is 3.11. The van der Waals surface area contributed by atoms with Crippen molar-refractivity contribution in [1.82, 2.24) is 0 Å². The van der Waals surface area contributed by atoms with Crippen LogP contribution in [0.4, 0.5) is 0 Å². The van der Waals surface area contributed by atoms with Crippen LogP contribution >= 0.6 is 0 Å². The lowest BCUT2D eigenvalue weighted by Crippen LogP contribution is -2.28. The van der Waals surface area contributed by atoms with Gasteiger partial charge in [-0.25, -0.2) is 0 Å². The Labute approximate surface area is 93.7 Å². The first kappa shape index (κ1) is 9.46. The van der Waals surface area contributed by atoms with Gasteiger partial charge in [-0.15, -0.1) is 0 Å². The average Bonchev–Trinajstić information content (AvgIpc) is 2.72. The van der Waals surface area contributed by atoms with Crippen LogP contribution in [0.5, 0.6) is 0 Å². The van der Waals surface area contributed by atoms with Crippen molar-refractivity contribution in [2.24, 2.45) is 5.92 Å². The fraction of sp³-hybridized carbons (Fsp3) is 0.308. The molecule has 0 spiro atoms. The Hall–Kier alpha value is -1.77. The van der Waals surface area contributed by atoms with Crippen LogP contribution in [-0.4, -0.2) is 19.2 Å². The maximum atomic E-state index is 12.0. The van der Waals surface area contributed by atoms with Crippen LogP contribution in [0.25, 0.3) is 0 Å². The van der Waals surface area contributed by atoms with Gasteiger partial charge in [0.25, 0.3) is 0 Å². The van der Waals surface area contributed by atoms with E-state index in [0.29, 0.717) is 0 Å².